The summed E-state index contributed by atoms with van der Waals surface area (Å²) in [6.45, 7) is 1.86. The number of hydrogen-bond acceptors (Lipinski definition) is 4. The van der Waals surface area contributed by atoms with Gasteiger partial charge in [-0.25, -0.2) is 0 Å². The maximum Gasteiger partial charge on any atom is 0.231 e. The lowest BCUT2D eigenvalue weighted by atomic mass is 10.1. The standard InChI is InChI=1S/C12H13NO3/c1-3-10-11(16-8-15-10)7-9(1)2-4-12-13-5-6-14-12/h1,3,7H,2,4-6,8H2. The van der Waals surface area contributed by atoms with E-state index >= 15 is 0 Å². The van der Waals surface area contributed by atoms with E-state index < -0.39 is 0 Å². The van der Waals surface area contributed by atoms with E-state index in [1.807, 2.05) is 12.1 Å². The largest absolute Gasteiger partial charge is 0.479 e. The number of nitrogens with zero attached hydrogens (tertiary/aromatic N) is 1. The lowest BCUT2D eigenvalue weighted by molar-refractivity contribution is 0.174. The van der Waals surface area contributed by atoms with Crippen LogP contribution in [0.15, 0.2) is 23.2 Å². The van der Waals surface area contributed by atoms with Gasteiger partial charge in [-0.1, -0.05) is 6.07 Å². The third-order valence-electron chi connectivity index (χ3n) is 2.71. The van der Waals surface area contributed by atoms with Gasteiger partial charge in [0, 0.05) is 6.42 Å². The Morgan fingerprint density at radius 1 is 1.06 bits per heavy atom. The molecule has 0 aliphatic carbocycles. The highest BCUT2D eigenvalue weighted by molar-refractivity contribution is 5.77. The Hall–Kier alpha value is -1.71. The zero-order valence-corrected chi connectivity index (χ0v) is 8.94. The van der Waals surface area contributed by atoms with Gasteiger partial charge in [0.05, 0.1) is 6.54 Å². The van der Waals surface area contributed by atoms with Gasteiger partial charge in [0.1, 0.15) is 6.61 Å². The molecule has 0 amide bonds. The van der Waals surface area contributed by atoms with E-state index in [1.54, 1.807) is 0 Å². The number of hydrogen-bond donors (Lipinski definition) is 0. The number of ether oxygens (including phenoxy) is 3. The first-order chi connectivity index (χ1) is 7.92. The Bertz CT molecular complexity index is 428. The monoisotopic (exact) mass is 219 g/mol. The summed E-state index contributed by atoms with van der Waals surface area (Å²) >= 11 is 0. The van der Waals surface area contributed by atoms with Crippen molar-refractivity contribution in [1.29, 1.82) is 0 Å². The molecule has 0 radical (unpaired) electrons. The third kappa shape index (κ3) is 1.83. The third-order valence-corrected chi connectivity index (χ3v) is 2.71. The molecule has 84 valence electrons. The fourth-order valence-electron chi connectivity index (χ4n) is 1.88. The summed E-state index contributed by atoms with van der Waals surface area (Å²) < 4.78 is 15.9. The van der Waals surface area contributed by atoms with Crippen molar-refractivity contribution in [1.82, 2.24) is 0 Å². The average molecular weight is 219 g/mol. The first-order valence-electron chi connectivity index (χ1n) is 5.46. The number of fused-ring (bicyclic) bond motifs is 1. The van der Waals surface area contributed by atoms with Gasteiger partial charge in [0.25, 0.3) is 0 Å². The molecule has 0 bridgehead atoms. The van der Waals surface area contributed by atoms with Crippen molar-refractivity contribution in [3.63, 3.8) is 0 Å². The molecule has 16 heavy (non-hydrogen) atoms. The number of benzene rings is 1. The molecule has 4 nitrogen and oxygen atoms in total. The number of aryl methyl sites for hydroxylation is 1. The van der Waals surface area contributed by atoms with Crippen LogP contribution in [0.2, 0.25) is 0 Å². The van der Waals surface area contributed by atoms with E-state index in [9.17, 15) is 0 Å². The van der Waals surface area contributed by atoms with E-state index in [0.29, 0.717) is 6.79 Å². The second-order valence-electron chi connectivity index (χ2n) is 3.81. The van der Waals surface area contributed by atoms with Crippen molar-refractivity contribution < 1.29 is 14.2 Å². The summed E-state index contributed by atoms with van der Waals surface area (Å²) in [7, 11) is 0. The maximum absolute atomic E-state index is 5.36. The van der Waals surface area contributed by atoms with E-state index in [-0.39, 0.29) is 0 Å². The second-order valence-corrected chi connectivity index (χ2v) is 3.81. The molecule has 4 heteroatoms. The van der Waals surface area contributed by atoms with E-state index in [0.717, 1.165) is 43.4 Å². The highest BCUT2D eigenvalue weighted by Gasteiger charge is 2.14. The van der Waals surface area contributed by atoms with Crippen molar-refractivity contribution in [3.05, 3.63) is 23.8 Å². The molecule has 0 N–H and O–H groups in total. The SMILES string of the molecule is c1cc2c(cc1CCC1=NCCO1)OCO2. The Balaban J connectivity index is 1.66. The predicted octanol–water partition coefficient (Wildman–Crippen LogP) is 1.78. The predicted molar refractivity (Wildman–Crippen MR) is 59.1 cm³/mol. The van der Waals surface area contributed by atoms with Crippen LogP contribution in [0, 0.1) is 0 Å². The molecule has 2 aliphatic rings. The van der Waals surface area contributed by atoms with Crippen LogP contribution in [0.3, 0.4) is 0 Å². The Labute approximate surface area is 93.8 Å². The van der Waals surface area contributed by atoms with Crippen molar-refractivity contribution in [3.8, 4) is 11.5 Å². The minimum atomic E-state index is 0.328. The Morgan fingerprint density at radius 3 is 2.88 bits per heavy atom. The van der Waals surface area contributed by atoms with Gasteiger partial charge in [0.15, 0.2) is 17.4 Å². The maximum atomic E-state index is 5.36. The molecule has 1 aromatic carbocycles. The van der Waals surface area contributed by atoms with Crippen LogP contribution in [0.1, 0.15) is 12.0 Å². The lowest BCUT2D eigenvalue weighted by Gasteiger charge is -2.03. The van der Waals surface area contributed by atoms with Gasteiger partial charge in [-0.3, -0.25) is 4.99 Å². The smallest absolute Gasteiger partial charge is 0.231 e. The van der Waals surface area contributed by atoms with E-state index in [4.69, 9.17) is 14.2 Å². The number of rotatable bonds is 3. The van der Waals surface area contributed by atoms with Gasteiger partial charge >= 0.3 is 0 Å². The summed E-state index contributed by atoms with van der Waals surface area (Å²) in [5.74, 6) is 2.54. The molecule has 3 rings (SSSR count). The topological polar surface area (TPSA) is 40.0 Å². The molecular weight excluding hydrogens is 206 g/mol. The Kier molecular flexibility index (Phi) is 2.40. The molecule has 0 saturated carbocycles. The van der Waals surface area contributed by atoms with E-state index in [1.165, 1.54) is 5.56 Å². The van der Waals surface area contributed by atoms with Gasteiger partial charge in [-0.2, -0.15) is 0 Å². The highest BCUT2D eigenvalue weighted by Crippen LogP contribution is 2.32. The van der Waals surface area contributed by atoms with Crippen LogP contribution in [0.25, 0.3) is 0 Å². The molecule has 2 heterocycles. The summed E-state index contributed by atoms with van der Waals surface area (Å²) in [6.07, 6.45) is 1.79. The lowest BCUT2D eigenvalue weighted by Crippen LogP contribution is -2.00. The van der Waals surface area contributed by atoms with Crippen LogP contribution in [-0.2, 0) is 11.2 Å². The first kappa shape index (κ1) is 9.51. The summed E-state index contributed by atoms with van der Waals surface area (Å²) in [6, 6.07) is 6.04. The Morgan fingerprint density at radius 2 is 2.00 bits per heavy atom. The summed E-state index contributed by atoms with van der Waals surface area (Å²) in [5, 5.41) is 0. The van der Waals surface area contributed by atoms with Gasteiger partial charge in [-0.15, -0.1) is 0 Å². The van der Waals surface area contributed by atoms with Gasteiger partial charge in [-0.05, 0) is 24.1 Å². The quantitative estimate of drug-likeness (QED) is 0.778. The first-order valence-corrected chi connectivity index (χ1v) is 5.46. The van der Waals surface area contributed by atoms with Crippen LogP contribution in [0.5, 0.6) is 11.5 Å². The minimum Gasteiger partial charge on any atom is -0.479 e. The van der Waals surface area contributed by atoms with Crippen molar-refractivity contribution >= 4 is 5.90 Å². The van der Waals surface area contributed by atoms with Crippen LogP contribution in [0.4, 0.5) is 0 Å². The zero-order valence-electron chi connectivity index (χ0n) is 8.94. The zero-order chi connectivity index (χ0) is 10.8. The molecule has 0 saturated heterocycles. The molecule has 2 aliphatic heterocycles. The minimum absolute atomic E-state index is 0.328. The van der Waals surface area contributed by atoms with Crippen molar-refractivity contribution in [2.75, 3.05) is 19.9 Å². The van der Waals surface area contributed by atoms with Crippen molar-refractivity contribution in [2.45, 2.75) is 12.8 Å². The molecular formula is C12H13NO3. The highest BCUT2D eigenvalue weighted by atomic mass is 16.7. The molecule has 0 aromatic heterocycles. The molecule has 1 aromatic rings. The fourth-order valence-corrected chi connectivity index (χ4v) is 1.88. The molecule has 0 spiro atoms. The normalized spacial score (nSPS) is 17.1. The van der Waals surface area contributed by atoms with Gasteiger partial charge in [0.2, 0.25) is 6.79 Å². The van der Waals surface area contributed by atoms with Crippen LogP contribution < -0.4 is 9.47 Å². The molecule has 0 fully saturated rings. The molecule has 0 atom stereocenters. The second kappa shape index (κ2) is 4.04. The van der Waals surface area contributed by atoms with Crippen LogP contribution in [-0.4, -0.2) is 25.8 Å². The summed E-state index contributed by atoms with van der Waals surface area (Å²) in [5.41, 5.74) is 1.22. The van der Waals surface area contributed by atoms with Crippen LogP contribution >= 0.6 is 0 Å². The fraction of sp³-hybridized carbons (Fsp3) is 0.417. The van der Waals surface area contributed by atoms with Gasteiger partial charge < -0.3 is 14.2 Å². The van der Waals surface area contributed by atoms with Crippen molar-refractivity contribution in [2.24, 2.45) is 4.99 Å². The van der Waals surface area contributed by atoms with E-state index in [2.05, 4.69) is 11.1 Å². The summed E-state index contributed by atoms with van der Waals surface area (Å²) in [4.78, 5) is 4.26. The number of aliphatic imine (C=N–C) groups is 1. The molecule has 0 unspecified atom stereocenters. The average Bonchev–Trinajstić information content (AvgIpc) is 2.97.